The number of aryl methyl sites for hydroxylation is 2. The minimum atomic E-state index is 0.0687. The van der Waals surface area contributed by atoms with Crippen LogP contribution in [0.3, 0.4) is 0 Å². The summed E-state index contributed by atoms with van der Waals surface area (Å²) in [5.41, 5.74) is 7.73. The molecule has 0 bridgehead atoms. The van der Waals surface area contributed by atoms with Crippen LogP contribution in [0.25, 0.3) is 0 Å². The first-order valence-corrected chi connectivity index (χ1v) is 6.76. The molecular formula is C16H19ClN2. The molecule has 0 saturated heterocycles. The molecule has 2 aromatic carbocycles. The molecule has 0 heterocycles. The van der Waals surface area contributed by atoms with Crippen LogP contribution in [0.5, 0.6) is 0 Å². The average molecular weight is 275 g/mol. The van der Waals surface area contributed by atoms with Crippen molar-refractivity contribution >= 4 is 11.6 Å². The molecule has 0 aliphatic carbocycles. The molecule has 0 spiro atoms. The zero-order valence-electron chi connectivity index (χ0n) is 11.3. The van der Waals surface area contributed by atoms with Crippen molar-refractivity contribution in [2.75, 3.05) is 0 Å². The Labute approximate surface area is 119 Å². The van der Waals surface area contributed by atoms with Crippen LogP contribution in [0.1, 0.15) is 28.3 Å². The van der Waals surface area contributed by atoms with Gasteiger partial charge in [-0.25, -0.2) is 0 Å². The quantitative estimate of drug-likeness (QED) is 0.659. The second kappa shape index (κ2) is 6.20. The SMILES string of the molecule is Cc1ccc(C(Cc2ccccc2Cl)NN)cc1C. The third kappa shape index (κ3) is 3.35. The van der Waals surface area contributed by atoms with Crippen LogP contribution in [0.15, 0.2) is 42.5 Å². The van der Waals surface area contributed by atoms with E-state index in [1.165, 1.54) is 16.7 Å². The van der Waals surface area contributed by atoms with Gasteiger partial charge in [-0.05, 0) is 48.6 Å². The van der Waals surface area contributed by atoms with Crippen LogP contribution in [0, 0.1) is 13.8 Å². The lowest BCUT2D eigenvalue weighted by atomic mass is 9.96. The van der Waals surface area contributed by atoms with E-state index in [0.717, 1.165) is 17.0 Å². The molecule has 0 saturated carbocycles. The number of nitrogens with one attached hydrogen (secondary N) is 1. The molecule has 0 aliphatic heterocycles. The number of nitrogens with two attached hydrogens (primary N) is 1. The number of hydrogen-bond acceptors (Lipinski definition) is 2. The summed E-state index contributed by atoms with van der Waals surface area (Å²) in [5.74, 6) is 5.70. The van der Waals surface area contributed by atoms with Crippen LogP contribution >= 0.6 is 11.6 Å². The summed E-state index contributed by atoms with van der Waals surface area (Å²) in [4.78, 5) is 0. The second-order valence-electron chi connectivity index (χ2n) is 4.86. The molecule has 0 amide bonds. The number of hydrogen-bond donors (Lipinski definition) is 2. The molecule has 19 heavy (non-hydrogen) atoms. The molecule has 3 N–H and O–H groups in total. The maximum Gasteiger partial charge on any atom is 0.0500 e. The number of rotatable bonds is 4. The summed E-state index contributed by atoms with van der Waals surface area (Å²) in [6, 6.07) is 14.4. The van der Waals surface area contributed by atoms with Crippen molar-refractivity contribution < 1.29 is 0 Å². The van der Waals surface area contributed by atoms with Gasteiger partial charge in [0.25, 0.3) is 0 Å². The van der Waals surface area contributed by atoms with Crippen molar-refractivity contribution in [3.63, 3.8) is 0 Å². The third-order valence-corrected chi connectivity index (χ3v) is 3.89. The molecule has 2 rings (SSSR count). The highest BCUT2D eigenvalue weighted by Gasteiger charge is 2.12. The molecule has 0 aromatic heterocycles. The smallest absolute Gasteiger partial charge is 0.0500 e. The maximum atomic E-state index is 6.20. The van der Waals surface area contributed by atoms with Gasteiger partial charge in [0.1, 0.15) is 0 Å². The van der Waals surface area contributed by atoms with Crippen molar-refractivity contribution in [2.45, 2.75) is 26.3 Å². The van der Waals surface area contributed by atoms with Crippen molar-refractivity contribution in [1.82, 2.24) is 5.43 Å². The van der Waals surface area contributed by atoms with Gasteiger partial charge in [-0.3, -0.25) is 11.3 Å². The highest BCUT2D eigenvalue weighted by molar-refractivity contribution is 6.31. The minimum Gasteiger partial charge on any atom is -0.271 e. The number of halogens is 1. The molecule has 1 atom stereocenters. The van der Waals surface area contributed by atoms with E-state index in [1.54, 1.807) is 0 Å². The molecule has 1 unspecified atom stereocenters. The van der Waals surface area contributed by atoms with Gasteiger partial charge in [0.15, 0.2) is 0 Å². The molecule has 3 heteroatoms. The highest BCUT2D eigenvalue weighted by atomic mass is 35.5. The largest absolute Gasteiger partial charge is 0.271 e. The zero-order valence-corrected chi connectivity index (χ0v) is 12.0. The van der Waals surface area contributed by atoms with E-state index < -0.39 is 0 Å². The molecule has 0 radical (unpaired) electrons. The van der Waals surface area contributed by atoms with Crippen molar-refractivity contribution in [3.05, 3.63) is 69.7 Å². The van der Waals surface area contributed by atoms with Crippen molar-refractivity contribution in [3.8, 4) is 0 Å². The Kier molecular flexibility index (Phi) is 4.59. The summed E-state index contributed by atoms with van der Waals surface area (Å²) < 4.78 is 0. The fourth-order valence-corrected chi connectivity index (χ4v) is 2.35. The van der Waals surface area contributed by atoms with E-state index in [9.17, 15) is 0 Å². The van der Waals surface area contributed by atoms with Crippen LogP contribution in [-0.4, -0.2) is 0 Å². The summed E-state index contributed by atoms with van der Waals surface area (Å²) in [7, 11) is 0. The fraction of sp³-hybridized carbons (Fsp3) is 0.250. The molecule has 100 valence electrons. The Balaban J connectivity index is 2.25. The summed E-state index contributed by atoms with van der Waals surface area (Å²) in [6.45, 7) is 4.22. The Bertz CT molecular complexity index is 566. The molecule has 0 aliphatic rings. The second-order valence-corrected chi connectivity index (χ2v) is 5.27. The van der Waals surface area contributed by atoms with E-state index >= 15 is 0 Å². The van der Waals surface area contributed by atoms with E-state index in [2.05, 4.69) is 37.5 Å². The third-order valence-electron chi connectivity index (χ3n) is 3.52. The fourth-order valence-electron chi connectivity index (χ4n) is 2.14. The summed E-state index contributed by atoms with van der Waals surface area (Å²) >= 11 is 6.20. The standard InChI is InChI=1S/C16H19ClN2/c1-11-7-8-14(9-12(11)2)16(19-18)10-13-5-3-4-6-15(13)17/h3-9,16,19H,10,18H2,1-2H3. The highest BCUT2D eigenvalue weighted by Crippen LogP contribution is 2.24. The van der Waals surface area contributed by atoms with E-state index in [0.29, 0.717) is 0 Å². The van der Waals surface area contributed by atoms with E-state index in [4.69, 9.17) is 17.4 Å². The molecule has 2 aromatic rings. The van der Waals surface area contributed by atoms with Crippen LogP contribution < -0.4 is 11.3 Å². The maximum absolute atomic E-state index is 6.20. The molecule has 0 fully saturated rings. The van der Waals surface area contributed by atoms with E-state index in [-0.39, 0.29) is 6.04 Å². The first-order valence-electron chi connectivity index (χ1n) is 6.38. The molecular weight excluding hydrogens is 256 g/mol. The van der Waals surface area contributed by atoms with Gasteiger partial charge in [0, 0.05) is 5.02 Å². The predicted molar refractivity (Wildman–Crippen MR) is 81.1 cm³/mol. The lowest BCUT2D eigenvalue weighted by Gasteiger charge is -2.18. The summed E-state index contributed by atoms with van der Waals surface area (Å²) in [5, 5.41) is 0.784. The van der Waals surface area contributed by atoms with Crippen LogP contribution in [0.2, 0.25) is 5.02 Å². The van der Waals surface area contributed by atoms with Gasteiger partial charge in [-0.15, -0.1) is 0 Å². The Hall–Kier alpha value is -1.35. The first-order chi connectivity index (χ1) is 9.11. The van der Waals surface area contributed by atoms with E-state index in [1.807, 2.05) is 24.3 Å². The van der Waals surface area contributed by atoms with Gasteiger partial charge in [0.05, 0.1) is 6.04 Å². The van der Waals surface area contributed by atoms with Crippen LogP contribution in [-0.2, 0) is 6.42 Å². The average Bonchev–Trinajstić information content (AvgIpc) is 2.41. The van der Waals surface area contributed by atoms with Gasteiger partial charge in [-0.1, -0.05) is 48.0 Å². The Morgan fingerprint density at radius 3 is 2.47 bits per heavy atom. The monoisotopic (exact) mass is 274 g/mol. The van der Waals surface area contributed by atoms with Gasteiger partial charge in [0.2, 0.25) is 0 Å². The summed E-state index contributed by atoms with van der Waals surface area (Å²) in [6.07, 6.45) is 0.776. The first kappa shape index (κ1) is 14.1. The topological polar surface area (TPSA) is 38.0 Å². The van der Waals surface area contributed by atoms with Crippen LogP contribution in [0.4, 0.5) is 0 Å². The predicted octanol–water partition coefficient (Wildman–Crippen LogP) is 3.70. The van der Waals surface area contributed by atoms with Crippen molar-refractivity contribution in [1.29, 1.82) is 0 Å². The van der Waals surface area contributed by atoms with Gasteiger partial charge in [-0.2, -0.15) is 0 Å². The van der Waals surface area contributed by atoms with Gasteiger partial charge < -0.3 is 0 Å². The lowest BCUT2D eigenvalue weighted by molar-refractivity contribution is 0.551. The van der Waals surface area contributed by atoms with Gasteiger partial charge >= 0.3 is 0 Å². The Morgan fingerprint density at radius 1 is 1.11 bits per heavy atom. The number of hydrazine groups is 1. The Morgan fingerprint density at radius 2 is 1.84 bits per heavy atom. The normalized spacial score (nSPS) is 12.4. The lowest BCUT2D eigenvalue weighted by Crippen LogP contribution is -2.29. The zero-order chi connectivity index (χ0) is 13.8. The molecule has 2 nitrogen and oxygen atoms in total. The minimum absolute atomic E-state index is 0.0687. The number of benzene rings is 2. The van der Waals surface area contributed by atoms with Crippen molar-refractivity contribution in [2.24, 2.45) is 5.84 Å².